The molecule has 3 heteroatoms. The average Bonchev–Trinajstić information content (AvgIpc) is 2.35. The summed E-state index contributed by atoms with van der Waals surface area (Å²) in [5, 5.41) is 1.00. The van der Waals surface area contributed by atoms with E-state index in [1.807, 2.05) is 23.9 Å². The van der Waals surface area contributed by atoms with Gasteiger partial charge in [0.25, 0.3) is 0 Å². The second-order valence-electron chi connectivity index (χ2n) is 3.86. The van der Waals surface area contributed by atoms with Crippen LogP contribution >= 0.6 is 11.8 Å². The molecule has 0 spiro atoms. The van der Waals surface area contributed by atoms with E-state index in [1.54, 1.807) is 7.11 Å². The smallest absolute Gasteiger partial charge is 0.119 e. The molecule has 0 amide bonds. The Labute approximate surface area is 103 Å². The molecule has 0 bridgehead atoms. The third-order valence-corrected chi connectivity index (χ3v) is 4.24. The first-order valence-corrected chi connectivity index (χ1v) is 6.65. The molecular weight excluding hydrogens is 218 g/mol. The highest BCUT2D eigenvalue weighted by atomic mass is 32.2. The van der Waals surface area contributed by atoms with Crippen LogP contribution in [0.15, 0.2) is 24.3 Å². The van der Waals surface area contributed by atoms with Gasteiger partial charge < -0.3 is 10.5 Å². The third kappa shape index (κ3) is 3.72. The number of methoxy groups -OCH3 is 1. The van der Waals surface area contributed by atoms with Crippen LogP contribution in [0.2, 0.25) is 0 Å². The van der Waals surface area contributed by atoms with Gasteiger partial charge in [0.1, 0.15) is 5.75 Å². The van der Waals surface area contributed by atoms with E-state index in [9.17, 15) is 0 Å². The Balaban J connectivity index is 2.77. The highest BCUT2D eigenvalue weighted by Gasteiger charge is 2.13. The number of nitrogens with two attached hydrogens (primary N) is 1. The minimum absolute atomic E-state index is 0.366. The predicted molar refractivity (Wildman–Crippen MR) is 72.1 cm³/mol. The monoisotopic (exact) mass is 239 g/mol. The second-order valence-corrected chi connectivity index (χ2v) is 5.50. The van der Waals surface area contributed by atoms with Gasteiger partial charge in [-0.3, -0.25) is 0 Å². The van der Waals surface area contributed by atoms with Gasteiger partial charge in [-0.15, -0.1) is 11.8 Å². The van der Waals surface area contributed by atoms with Crippen molar-refractivity contribution in [1.82, 2.24) is 0 Å². The van der Waals surface area contributed by atoms with Crippen LogP contribution in [-0.2, 0) is 0 Å². The maximum Gasteiger partial charge on any atom is 0.119 e. The number of hydrogen-bond donors (Lipinski definition) is 1. The van der Waals surface area contributed by atoms with E-state index in [0.29, 0.717) is 17.0 Å². The fraction of sp³-hybridized carbons (Fsp3) is 0.538. The molecule has 90 valence electrons. The van der Waals surface area contributed by atoms with Gasteiger partial charge in [-0.1, -0.05) is 26.0 Å². The maximum absolute atomic E-state index is 5.84. The Kier molecular flexibility index (Phi) is 5.71. The summed E-state index contributed by atoms with van der Waals surface area (Å²) in [4.78, 5) is 0. The van der Waals surface area contributed by atoms with Gasteiger partial charge in [-0.05, 0) is 24.1 Å². The van der Waals surface area contributed by atoms with E-state index in [1.165, 1.54) is 12.0 Å². The first kappa shape index (κ1) is 13.4. The summed E-state index contributed by atoms with van der Waals surface area (Å²) in [6.07, 6.45) is 1.17. The summed E-state index contributed by atoms with van der Waals surface area (Å²) in [7, 11) is 1.69. The maximum atomic E-state index is 5.84. The molecule has 0 radical (unpaired) electrons. The van der Waals surface area contributed by atoms with Crippen molar-refractivity contribution in [3.05, 3.63) is 29.8 Å². The van der Waals surface area contributed by atoms with Crippen molar-refractivity contribution in [2.45, 2.75) is 30.8 Å². The number of ether oxygens (including phenoxy) is 1. The first-order chi connectivity index (χ1) is 7.71. The molecule has 0 aliphatic carbocycles. The average molecular weight is 239 g/mol. The molecule has 0 saturated heterocycles. The normalized spacial score (nSPS) is 14.5. The zero-order valence-corrected chi connectivity index (χ0v) is 11.1. The molecule has 0 heterocycles. The fourth-order valence-corrected chi connectivity index (χ4v) is 2.66. The van der Waals surface area contributed by atoms with E-state index in [-0.39, 0.29) is 0 Å². The second kappa shape index (κ2) is 6.81. The largest absolute Gasteiger partial charge is 0.497 e. The van der Waals surface area contributed by atoms with Crippen LogP contribution in [0.4, 0.5) is 0 Å². The number of thioether (sulfide) groups is 1. The van der Waals surface area contributed by atoms with Crippen LogP contribution in [0.25, 0.3) is 0 Å². The Morgan fingerprint density at radius 2 is 2.19 bits per heavy atom. The van der Waals surface area contributed by atoms with E-state index in [2.05, 4.69) is 26.0 Å². The molecule has 0 aliphatic heterocycles. The minimum Gasteiger partial charge on any atom is -0.497 e. The van der Waals surface area contributed by atoms with Gasteiger partial charge in [-0.2, -0.15) is 0 Å². The van der Waals surface area contributed by atoms with Gasteiger partial charge in [0.2, 0.25) is 0 Å². The van der Waals surface area contributed by atoms with Crippen LogP contribution < -0.4 is 10.5 Å². The SMILES string of the molecule is CCC(C)SC(CN)c1cccc(OC)c1. The van der Waals surface area contributed by atoms with Crippen molar-refractivity contribution in [2.75, 3.05) is 13.7 Å². The zero-order valence-electron chi connectivity index (χ0n) is 10.3. The van der Waals surface area contributed by atoms with Crippen molar-refractivity contribution in [3.8, 4) is 5.75 Å². The topological polar surface area (TPSA) is 35.2 Å². The predicted octanol–water partition coefficient (Wildman–Crippen LogP) is 3.23. The molecule has 0 saturated carbocycles. The summed E-state index contributed by atoms with van der Waals surface area (Å²) >= 11 is 1.94. The molecular formula is C13H21NOS. The molecule has 1 aromatic carbocycles. The Morgan fingerprint density at radius 3 is 2.75 bits per heavy atom. The standard InChI is InChI=1S/C13H21NOS/c1-4-10(2)16-13(9-14)11-6-5-7-12(8-11)15-3/h5-8,10,13H,4,9,14H2,1-3H3. The fourth-order valence-electron chi connectivity index (χ4n) is 1.49. The lowest BCUT2D eigenvalue weighted by molar-refractivity contribution is 0.414. The van der Waals surface area contributed by atoms with Gasteiger partial charge in [0.05, 0.1) is 7.11 Å². The molecule has 0 aromatic heterocycles. The Hall–Kier alpha value is -0.670. The van der Waals surface area contributed by atoms with Crippen LogP contribution in [-0.4, -0.2) is 18.9 Å². The lowest BCUT2D eigenvalue weighted by atomic mass is 10.1. The van der Waals surface area contributed by atoms with Gasteiger partial charge in [0, 0.05) is 17.0 Å². The summed E-state index contributed by atoms with van der Waals surface area (Å²) in [6, 6.07) is 8.18. The molecule has 1 rings (SSSR count). The lowest BCUT2D eigenvalue weighted by Gasteiger charge is -2.19. The molecule has 2 nitrogen and oxygen atoms in total. The van der Waals surface area contributed by atoms with Crippen LogP contribution in [0, 0.1) is 0 Å². The molecule has 0 fully saturated rings. The van der Waals surface area contributed by atoms with Crippen LogP contribution in [0.3, 0.4) is 0 Å². The van der Waals surface area contributed by atoms with E-state index in [0.717, 1.165) is 5.75 Å². The summed E-state index contributed by atoms with van der Waals surface area (Å²) < 4.78 is 5.23. The molecule has 16 heavy (non-hydrogen) atoms. The summed E-state index contributed by atoms with van der Waals surface area (Å²) in [5.74, 6) is 0.903. The molecule has 2 atom stereocenters. The van der Waals surface area contributed by atoms with Gasteiger partial charge >= 0.3 is 0 Å². The summed E-state index contributed by atoms with van der Waals surface area (Å²) in [6.45, 7) is 5.12. The Bertz CT molecular complexity index is 317. The van der Waals surface area contributed by atoms with E-state index < -0.39 is 0 Å². The minimum atomic E-state index is 0.366. The molecule has 1 aromatic rings. The molecule has 2 unspecified atom stereocenters. The Morgan fingerprint density at radius 1 is 1.44 bits per heavy atom. The van der Waals surface area contributed by atoms with Crippen molar-refractivity contribution < 1.29 is 4.74 Å². The molecule has 0 aliphatic rings. The van der Waals surface area contributed by atoms with Crippen molar-refractivity contribution in [3.63, 3.8) is 0 Å². The quantitative estimate of drug-likeness (QED) is 0.828. The first-order valence-electron chi connectivity index (χ1n) is 5.70. The summed E-state index contributed by atoms with van der Waals surface area (Å²) in [5.41, 5.74) is 7.09. The number of benzene rings is 1. The highest BCUT2D eigenvalue weighted by Crippen LogP contribution is 2.33. The number of rotatable bonds is 6. The van der Waals surface area contributed by atoms with E-state index in [4.69, 9.17) is 10.5 Å². The number of hydrogen-bond acceptors (Lipinski definition) is 3. The molecule has 2 N–H and O–H groups in total. The highest BCUT2D eigenvalue weighted by molar-refractivity contribution is 8.00. The van der Waals surface area contributed by atoms with Crippen molar-refractivity contribution >= 4 is 11.8 Å². The van der Waals surface area contributed by atoms with Crippen LogP contribution in [0.5, 0.6) is 5.75 Å². The third-order valence-electron chi connectivity index (χ3n) is 2.65. The van der Waals surface area contributed by atoms with Crippen molar-refractivity contribution in [2.24, 2.45) is 5.73 Å². The van der Waals surface area contributed by atoms with Crippen LogP contribution in [0.1, 0.15) is 31.1 Å². The van der Waals surface area contributed by atoms with Gasteiger partial charge in [0.15, 0.2) is 0 Å². The van der Waals surface area contributed by atoms with Gasteiger partial charge in [-0.25, -0.2) is 0 Å². The lowest BCUT2D eigenvalue weighted by Crippen LogP contribution is -2.12. The van der Waals surface area contributed by atoms with E-state index >= 15 is 0 Å². The van der Waals surface area contributed by atoms with Crippen molar-refractivity contribution in [1.29, 1.82) is 0 Å². The zero-order chi connectivity index (χ0) is 12.0.